The van der Waals surface area contributed by atoms with Crippen LogP contribution in [0.2, 0.25) is 5.02 Å². The molecular weight excluding hydrogens is 406 g/mol. The van der Waals surface area contributed by atoms with Crippen LogP contribution in [0.4, 0.5) is 14.5 Å². The minimum Gasteiger partial charge on any atom is -0.383 e. The van der Waals surface area contributed by atoms with Gasteiger partial charge in [0, 0.05) is 24.9 Å². The summed E-state index contributed by atoms with van der Waals surface area (Å²) >= 11 is 6.15. The van der Waals surface area contributed by atoms with E-state index in [1.54, 1.807) is 6.07 Å². The summed E-state index contributed by atoms with van der Waals surface area (Å²) in [6.45, 7) is 0.713. The highest BCUT2D eigenvalue weighted by Gasteiger charge is 2.15. The summed E-state index contributed by atoms with van der Waals surface area (Å²) < 4.78 is 30.4. The Balaban J connectivity index is 1.72. The Morgan fingerprint density at radius 2 is 2.00 bits per heavy atom. The number of alkyl halides is 2. The van der Waals surface area contributed by atoms with E-state index in [1.165, 1.54) is 37.4 Å². The number of methoxy groups -OCH3 is 1. The number of halogens is 3. The van der Waals surface area contributed by atoms with Crippen molar-refractivity contribution < 1.29 is 23.1 Å². The molecule has 3 N–H and O–H groups in total. The van der Waals surface area contributed by atoms with E-state index in [0.717, 1.165) is 0 Å². The molecule has 7 nitrogen and oxygen atoms in total. The molecule has 0 aliphatic rings. The molecule has 0 unspecified atom stereocenters. The number of rotatable bonds is 7. The Kier molecular flexibility index (Phi) is 6.40. The van der Waals surface area contributed by atoms with Crippen molar-refractivity contribution in [2.24, 2.45) is 0 Å². The topological polar surface area (TPSA) is 96.1 Å². The van der Waals surface area contributed by atoms with Crippen LogP contribution < -0.4 is 10.6 Å². The quantitative estimate of drug-likeness (QED) is 0.505. The van der Waals surface area contributed by atoms with Crippen molar-refractivity contribution in [1.29, 1.82) is 0 Å². The number of anilines is 1. The first-order valence-corrected chi connectivity index (χ1v) is 8.92. The van der Waals surface area contributed by atoms with E-state index >= 15 is 0 Å². The predicted molar refractivity (Wildman–Crippen MR) is 105 cm³/mol. The summed E-state index contributed by atoms with van der Waals surface area (Å²) in [6, 6.07) is 8.88. The molecule has 0 fully saturated rings. The number of H-pyrrole nitrogens is 1. The predicted octanol–water partition coefficient (Wildman–Crippen LogP) is 3.78. The van der Waals surface area contributed by atoms with Crippen LogP contribution in [0.15, 0.2) is 36.4 Å². The fourth-order valence-electron chi connectivity index (χ4n) is 2.62. The fourth-order valence-corrected chi connectivity index (χ4v) is 2.88. The summed E-state index contributed by atoms with van der Waals surface area (Å²) in [6.07, 6.45) is -2.73. The Morgan fingerprint density at radius 1 is 1.21 bits per heavy atom. The van der Waals surface area contributed by atoms with Gasteiger partial charge in [-0.05, 0) is 36.4 Å². The van der Waals surface area contributed by atoms with Crippen LogP contribution in [0.3, 0.4) is 0 Å². The maximum atomic E-state index is 12.7. The van der Waals surface area contributed by atoms with Crippen molar-refractivity contribution in [2.75, 3.05) is 25.6 Å². The van der Waals surface area contributed by atoms with E-state index in [9.17, 15) is 18.4 Å². The van der Waals surface area contributed by atoms with E-state index in [0.29, 0.717) is 29.9 Å². The summed E-state index contributed by atoms with van der Waals surface area (Å²) in [5.74, 6) is -1.28. The lowest BCUT2D eigenvalue weighted by Gasteiger charge is -2.09. The molecule has 3 rings (SSSR count). The molecule has 0 saturated carbocycles. The van der Waals surface area contributed by atoms with Gasteiger partial charge in [0.2, 0.25) is 0 Å². The summed E-state index contributed by atoms with van der Waals surface area (Å²) in [5.41, 5.74) is 1.56. The second kappa shape index (κ2) is 8.97. The minimum absolute atomic E-state index is 0.170. The Labute approximate surface area is 169 Å². The number of nitrogens with one attached hydrogen (secondary N) is 3. The number of hydrogen-bond donors (Lipinski definition) is 3. The number of aromatic amines is 1. The number of hydrogen-bond acceptors (Lipinski definition) is 4. The number of fused-ring (bicyclic) bond motifs is 1. The van der Waals surface area contributed by atoms with E-state index in [-0.39, 0.29) is 22.1 Å². The van der Waals surface area contributed by atoms with Gasteiger partial charge in [0.05, 0.1) is 28.2 Å². The zero-order valence-electron chi connectivity index (χ0n) is 15.3. The third-order valence-electron chi connectivity index (χ3n) is 4.03. The van der Waals surface area contributed by atoms with Crippen LogP contribution in [0.25, 0.3) is 11.0 Å². The standard InChI is InChI=1S/C19H17ClF2N4O3/c1-29-7-6-23-19(28)12-4-3-11(9-13(12)20)24-18(27)10-2-5-14-15(8-10)26-17(25-14)16(21)22/h2-5,8-9,16H,6-7H2,1H3,(H,23,28)(H,24,27)(H,25,26). The van der Waals surface area contributed by atoms with Crippen LogP contribution in [-0.2, 0) is 4.74 Å². The zero-order valence-corrected chi connectivity index (χ0v) is 16.0. The highest BCUT2D eigenvalue weighted by molar-refractivity contribution is 6.34. The maximum Gasteiger partial charge on any atom is 0.295 e. The molecule has 0 aliphatic carbocycles. The van der Waals surface area contributed by atoms with Gasteiger partial charge in [-0.25, -0.2) is 13.8 Å². The number of nitrogens with zero attached hydrogens (tertiary/aromatic N) is 1. The monoisotopic (exact) mass is 422 g/mol. The van der Waals surface area contributed by atoms with Gasteiger partial charge >= 0.3 is 0 Å². The van der Waals surface area contributed by atoms with Crippen molar-refractivity contribution in [3.05, 3.63) is 58.4 Å². The van der Waals surface area contributed by atoms with Crippen molar-refractivity contribution in [3.8, 4) is 0 Å². The SMILES string of the molecule is COCCNC(=O)c1ccc(NC(=O)c2ccc3nc(C(F)F)[nH]c3c2)cc1Cl. The minimum atomic E-state index is -2.73. The van der Waals surface area contributed by atoms with Crippen LogP contribution in [0.1, 0.15) is 33.0 Å². The van der Waals surface area contributed by atoms with Crippen LogP contribution in [-0.4, -0.2) is 42.0 Å². The van der Waals surface area contributed by atoms with E-state index in [4.69, 9.17) is 16.3 Å². The molecule has 0 atom stereocenters. The largest absolute Gasteiger partial charge is 0.383 e. The van der Waals surface area contributed by atoms with Crippen LogP contribution in [0.5, 0.6) is 0 Å². The number of imidazole rings is 1. The van der Waals surface area contributed by atoms with Crippen molar-refractivity contribution >= 4 is 40.1 Å². The highest BCUT2D eigenvalue weighted by Crippen LogP contribution is 2.23. The first kappa shape index (κ1) is 20.7. The molecule has 0 spiro atoms. The summed E-state index contributed by atoms with van der Waals surface area (Å²) in [5, 5.41) is 5.48. The highest BCUT2D eigenvalue weighted by atomic mass is 35.5. The van der Waals surface area contributed by atoms with Gasteiger partial charge in [-0.2, -0.15) is 0 Å². The third kappa shape index (κ3) is 4.87. The molecule has 10 heteroatoms. The molecule has 0 radical (unpaired) electrons. The first-order chi connectivity index (χ1) is 13.9. The van der Waals surface area contributed by atoms with Gasteiger partial charge in [-0.3, -0.25) is 9.59 Å². The lowest BCUT2D eigenvalue weighted by atomic mass is 10.1. The lowest BCUT2D eigenvalue weighted by Crippen LogP contribution is -2.27. The maximum absolute atomic E-state index is 12.7. The first-order valence-electron chi connectivity index (χ1n) is 8.55. The molecule has 1 heterocycles. The lowest BCUT2D eigenvalue weighted by molar-refractivity contribution is 0.0936. The Morgan fingerprint density at radius 3 is 2.69 bits per heavy atom. The summed E-state index contributed by atoms with van der Waals surface area (Å²) in [7, 11) is 1.53. The second-order valence-corrected chi connectivity index (χ2v) is 6.46. The van der Waals surface area contributed by atoms with Crippen molar-refractivity contribution in [2.45, 2.75) is 6.43 Å². The number of ether oxygens (including phenoxy) is 1. The molecule has 2 amide bonds. The van der Waals surface area contributed by atoms with E-state index < -0.39 is 18.2 Å². The molecule has 0 saturated heterocycles. The van der Waals surface area contributed by atoms with E-state index in [2.05, 4.69) is 20.6 Å². The van der Waals surface area contributed by atoms with Gasteiger partial charge in [0.15, 0.2) is 5.82 Å². The van der Waals surface area contributed by atoms with Gasteiger partial charge in [-0.15, -0.1) is 0 Å². The fraction of sp³-hybridized carbons (Fsp3) is 0.211. The van der Waals surface area contributed by atoms with Gasteiger partial charge in [-0.1, -0.05) is 11.6 Å². The molecule has 29 heavy (non-hydrogen) atoms. The van der Waals surface area contributed by atoms with Gasteiger partial charge in [0.1, 0.15) is 0 Å². The smallest absolute Gasteiger partial charge is 0.295 e. The van der Waals surface area contributed by atoms with Gasteiger partial charge < -0.3 is 20.4 Å². The number of carbonyl (C=O) groups excluding carboxylic acids is 2. The molecule has 0 bridgehead atoms. The van der Waals surface area contributed by atoms with Crippen LogP contribution in [0, 0.1) is 0 Å². The number of benzene rings is 2. The zero-order chi connectivity index (χ0) is 21.0. The second-order valence-electron chi connectivity index (χ2n) is 6.05. The molecule has 152 valence electrons. The number of aromatic nitrogens is 2. The van der Waals surface area contributed by atoms with E-state index in [1.807, 2.05) is 0 Å². The normalized spacial score (nSPS) is 11.1. The van der Waals surface area contributed by atoms with Crippen LogP contribution >= 0.6 is 11.6 Å². The molecule has 3 aromatic rings. The Bertz CT molecular complexity index is 1060. The number of carbonyl (C=O) groups is 2. The molecule has 0 aliphatic heterocycles. The van der Waals surface area contributed by atoms with Gasteiger partial charge in [0.25, 0.3) is 18.2 Å². The summed E-state index contributed by atoms with van der Waals surface area (Å²) in [4.78, 5) is 30.8. The van der Waals surface area contributed by atoms with Crippen molar-refractivity contribution in [1.82, 2.24) is 15.3 Å². The average Bonchev–Trinajstić information content (AvgIpc) is 3.12. The molecular formula is C19H17ClF2N4O3. The average molecular weight is 423 g/mol. The Hall–Kier alpha value is -3.04. The van der Waals surface area contributed by atoms with Crippen molar-refractivity contribution in [3.63, 3.8) is 0 Å². The number of amides is 2. The molecule has 2 aromatic carbocycles. The molecule has 1 aromatic heterocycles. The third-order valence-corrected chi connectivity index (χ3v) is 4.35.